The van der Waals surface area contributed by atoms with Crippen LogP contribution in [0.3, 0.4) is 0 Å². The first kappa shape index (κ1) is 15.3. The maximum absolute atomic E-state index is 11.6. The molecule has 0 saturated heterocycles. The van der Waals surface area contributed by atoms with Gasteiger partial charge in [-0.05, 0) is 44.5 Å². The van der Waals surface area contributed by atoms with Gasteiger partial charge in [-0.25, -0.2) is 4.98 Å². The van der Waals surface area contributed by atoms with Gasteiger partial charge in [0.1, 0.15) is 5.75 Å². The molecule has 0 radical (unpaired) electrons. The Balaban J connectivity index is 2.33. The fourth-order valence-electron chi connectivity index (χ4n) is 1.95. The quantitative estimate of drug-likeness (QED) is 0.870. The molecule has 1 amide bonds. The van der Waals surface area contributed by atoms with Crippen molar-refractivity contribution >= 4 is 22.4 Å². The second-order valence-electron chi connectivity index (χ2n) is 4.84. The molecule has 1 N–H and O–H groups in total. The number of hydrogen-bond donors (Lipinski definition) is 1. The Morgan fingerprint density at radius 1 is 1.38 bits per heavy atom. The largest absolute Gasteiger partial charge is 0.496 e. The summed E-state index contributed by atoms with van der Waals surface area (Å²) < 4.78 is 5.27. The van der Waals surface area contributed by atoms with Crippen LogP contribution in [0.5, 0.6) is 5.75 Å². The molecule has 2 aromatic rings. The highest BCUT2D eigenvalue weighted by molar-refractivity contribution is 7.16. The third kappa shape index (κ3) is 3.31. The van der Waals surface area contributed by atoms with E-state index >= 15 is 0 Å². The number of ether oxygens (including phenoxy) is 1. The summed E-state index contributed by atoms with van der Waals surface area (Å²) in [5.74, 6) is 0.642. The van der Waals surface area contributed by atoms with Crippen LogP contribution < -0.4 is 10.1 Å². The Kier molecular flexibility index (Phi) is 4.43. The number of thiazole rings is 1. The van der Waals surface area contributed by atoms with E-state index in [0.29, 0.717) is 10.7 Å². The number of benzene rings is 1. The van der Waals surface area contributed by atoms with Crippen LogP contribution in [0.15, 0.2) is 30.4 Å². The molecule has 0 bridgehead atoms. The number of aromatic nitrogens is 1. The topological polar surface area (TPSA) is 51.2 Å². The highest BCUT2D eigenvalue weighted by Crippen LogP contribution is 2.32. The Morgan fingerprint density at radius 3 is 2.67 bits per heavy atom. The number of hydrogen-bond acceptors (Lipinski definition) is 4. The number of amides is 1. The number of nitrogens with zero attached hydrogens (tertiary/aromatic N) is 1. The van der Waals surface area contributed by atoms with Crippen LogP contribution in [0.4, 0.5) is 5.13 Å². The fourth-order valence-corrected chi connectivity index (χ4v) is 2.78. The van der Waals surface area contributed by atoms with Crippen LogP contribution in [0.2, 0.25) is 0 Å². The minimum atomic E-state index is -0.207. The highest BCUT2D eigenvalue weighted by Gasteiger charge is 2.13. The number of carbonyl (C=O) groups excluding carboxylic acids is 1. The van der Waals surface area contributed by atoms with E-state index in [4.69, 9.17) is 4.74 Å². The van der Waals surface area contributed by atoms with Crippen molar-refractivity contribution in [3.05, 3.63) is 40.8 Å². The predicted octanol–water partition coefficient (Wildman–Crippen LogP) is 3.95. The summed E-state index contributed by atoms with van der Waals surface area (Å²) in [5, 5.41) is 3.34. The summed E-state index contributed by atoms with van der Waals surface area (Å²) in [6.07, 6.45) is 0. The molecule has 0 saturated carbocycles. The van der Waals surface area contributed by atoms with Crippen LogP contribution >= 0.6 is 11.3 Å². The number of aryl methyl sites for hydroxylation is 2. The second kappa shape index (κ2) is 6.10. The number of methoxy groups -OCH3 is 1. The van der Waals surface area contributed by atoms with E-state index < -0.39 is 0 Å². The van der Waals surface area contributed by atoms with E-state index in [2.05, 4.69) is 16.9 Å². The Bertz CT molecular complexity index is 704. The first-order chi connectivity index (χ1) is 9.92. The molecule has 0 fully saturated rings. The van der Waals surface area contributed by atoms with E-state index in [1.807, 2.05) is 32.0 Å². The molecule has 2 rings (SSSR count). The smallest absolute Gasteiger partial charge is 0.252 e. The van der Waals surface area contributed by atoms with Gasteiger partial charge in [-0.3, -0.25) is 10.1 Å². The molecule has 0 atom stereocenters. The van der Waals surface area contributed by atoms with Gasteiger partial charge in [0.15, 0.2) is 5.13 Å². The van der Waals surface area contributed by atoms with Gasteiger partial charge in [0.05, 0.1) is 12.8 Å². The maximum atomic E-state index is 11.6. The molecule has 0 aliphatic rings. The molecule has 0 aliphatic heterocycles. The lowest BCUT2D eigenvalue weighted by Gasteiger charge is -2.06. The number of rotatable bonds is 4. The fraction of sp³-hybridized carbons (Fsp3) is 0.250. The molecular weight excluding hydrogens is 284 g/mol. The minimum Gasteiger partial charge on any atom is -0.496 e. The third-order valence-electron chi connectivity index (χ3n) is 3.07. The minimum absolute atomic E-state index is 0.207. The van der Waals surface area contributed by atoms with Gasteiger partial charge in [0.25, 0.3) is 5.91 Å². The lowest BCUT2D eigenvalue weighted by molar-refractivity contribution is -0.112. The van der Waals surface area contributed by atoms with Crippen molar-refractivity contribution in [3.8, 4) is 17.0 Å². The lowest BCUT2D eigenvalue weighted by atomic mass is 10.1. The summed E-state index contributed by atoms with van der Waals surface area (Å²) in [7, 11) is 1.65. The van der Waals surface area contributed by atoms with E-state index in [9.17, 15) is 4.79 Å². The number of anilines is 1. The Morgan fingerprint density at radius 2 is 2.10 bits per heavy atom. The van der Waals surface area contributed by atoms with Crippen molar-refractivity contribution in [2.75, 3.05) is 12.4 Å². The van der Waals surface area contributed by atoms with Gasteiger partial charge in [-0.15, -0.1) is 11.3 Å². The van der Waals surface area contributed by atoms with Crippen LogP contribution in [0.1, 0.15) is 17.4 Å². The van der Waals surface area contributed by atoms with Gasteiger partial charge >= 0.3 is 0 Å². The standard InChI is InChI=1S/C16H18N2O2S/c1-9(2)15(19)18-16-17-14(11(4)21-16)12-6-7-13(20-5)10(3)8-12/h6-8H,1H2,2-5H3,(H,17,18,19). The summed E-state index contributed by atoms with van der Waals surface area (Å²) >= 11 is 1.46. The second-order valence-corrected chi connectivity index (χ2v) is 6.05. The monoisotopic (exact) mass is 302 g/mol. The molecule has 1 aromatic heterocycles. The van der Waals surface area contributed by atoms with Crippen molar-refractivity contribution in [1.29, 1.82) is 0 Å². The molecule has 1 aromatic carbocycles. The first-order valence-corrected chi connectivity index (χ1v) is 7.33. The maximum Gasteiger partial charge on any atom is 0.252 e. The van der Waals surface area contributed by atoms with Crippen molar-refractivity contribution in [1.82, 2.24) is 4.98 Å². The van der Waals surface area contributed by atoms with Gasteiger partial charge in [0.2, 0.25) is 0 Å². The van der Waals surface area contributed by atoms with Gasteiger partial charge in [-0.2, -0.15) is 0 Å². The van der Waals surface area contributed by atoms with Crippen molar-refractivity contribution < 1.29 is 9.53 Å². The molecule has 4 nitrogen and oxygen atoms in total. The van der Waals surface area contributed by atoms with Crippen LogP contribution in [0.25, 0.3) is 11.3 Å². The average Bonchev–Trinajstić information content (AvgIpc) is 2.79. The normalized spacial score (nSPS) is 10.3. The third-order valence-corrected chi connectivity index (χ3v) is 3.96. The summed E-state index contributed by atoms with van der Waals surface area (Å²) in [4.78, 5) is 17.2. The lowest BCUT2D eigenvalue weighted by Crippen LogP contribution is -2.11. The van der Waals surface area contributed by atoms with Crippen molar-refractivity contribution in [3.63, 3.8) is 0 Å². The van der Waals surface area contributed by atoms with Gasteiger partial charge in [-0.1, -0.05) is 6.58 Å². The zero-order valence-electron chi connectivity index (χ0n) is 12.6. The molecule has 21 heavy (non-hydrogen) atoms. The Hall–Kier alpha value is -2.14. The van der Waals surface area contributed by atoms with Crippen LogP contribution in [0, 0.1) is 13.8 Å². The van der Waals surface area contributed by atoms with Crippen LogP contribution in [-0.4, -0.2) is 18.0 Å². The molecule has 0 unspecified atom stereocenters. The van der Waals surface area contributed by atoms with E-state index in [1.54, 1.807) is 14.0 Å². The van der Waals surface area contributed by atoms with Gasteiger partial charge in [0, 0.05) is 16.0 Å². The molecule has 0 spiro atoms. The molecule has 5 heteroatoms. The molecule has 110 valence electrons. The van der Waals surface area contributed by atoms with Crippen molar-refractivity contribution in [2.24, 2.45) is 0 Å². The van der Waals surface area contributed by atoms with E-state index in [1.165, 1.54) is 11.3 Å². The first-order valence-electron chi connectivity index (χ1n) is 6.51. The van der Waals surface area contributed by atoms with Gasteiger partial charge < -0.3 is 4.74 Å². The zero-order chi connectivity index (χ0) is 15.6. The predicted molar refractivity (Wildman–Crippen MR) is 87.0 cm³/mol. The van der Waals surface area contributed by atoms with Crippen molar-refractivity contribution in [2.45, 2.75) is 20.8 Å². The average molecular weight is 302 g/mol. The molecule has 1 heterocycles. The summed E-state index contributed by atoms with van der Waals surface area (Å²) in [6, 6.07) is 5.93. The molecule has 0 aliphatic carbocycles. The van der Waals surface area contributed by atoms with E-state index in [-0.39, 0.29) is 5.91 Å². The summed E-state index contributed by atoms with van der Waals surface area (Å²) in [6.45, 7) is 9.27. The Labute approximate surface area is 128 Å². The summed E-state index contributed by atoms with van der Waals surface area (Å²) in [5.41, 5.74) is 3.40. The highest BCUT2D eigenvalue weighted by atomic mass is 32.1. The number of carbonyl (C=O) groups is 1. The number of nitrogens with one attached hydrogen (secondary N) is 1. The SMILES string of the molecule is C=C(C)C(=O)Nc1nc(-c2ccc(OC)c(C)c2)c(C)s1. The van der Waals surface area contributed by atoms with Crippen LogP contribution in [-0.2, 0) is 4.79 Å². The van der Waals surface area contributed by atoms with E-state index in [0.717, 1.165) is 27.4 Å². The zero-order valence-corrected chi connectivity index (χ0v) is 13.4. The molecular formula is C16H18N2O2S.